The number of carbonyl (C=O) groups excluding carboxylic acids is 1. The molecule has 0 saturated heterocycles. The van der Waals surface area contributed by atoms with E-state index >= 15 is 0 Å². The zero-order valence-electron chi connectivity index (χ0n) is 11.2. The van der Waals surface area contributed by atoms with Crippen LogP contribution < -0.4 is 11.1 Å². The number of nitrogens with two attached hydrogens (primary N) is 1. The van der Waals surface area contributed by atoms with Gasteiger partial charge in [0.05, 0.1) is 5.69 Å². The van der Waals surface area contributed by atoms with Crippen LogP contribution in [0.1, 0.15) is 16.1 Å². The molecule has 3 rings (SSSR count). The molecule has 106 valence electrons. The third-order valence-corrected chi connectivity index (χ3v) is 3.72. The van der Waals surface area contributed by atoms with Gasteiger partial charge in [0.2, 0.25) is 0 Å². The summed E-state index contributed by atoms with van der Waals surface area (Å²) in [7, 11) is 0. The van der Waals surface area contributed by atoms with E-state index in [0.29, 0.717) is 17.9 Å². The number of aromatic nitrogens is 2. The number of amides is 1. The van der Waals surface area contributed by atoms with Gasteiger partial charge in [0.1, 0.15) is 0 Å². The van der Waals surface area contributed by atoms with Gasteiger partial charge < -0.3 is 11.1 Å². The third kappa shape index (κ3) is 3.11. The summed E-state index contributed by atoms with van der Waals surface area (Å²) in [5.74, 6) is -0.191. The van der Waals surface area contributed by atoms with E-state index in [1.807, 2.05) is 35.0 Å². The summed E-state index contributed by atoms with van der Waals surface area (Å²) in [6.45, 7) is 0.507. The van der Waals surface area contributed by atoms with Gasteiger partial charge in [0.15, 0.2) is 5.69 Å². The molecule has 21 heavy (non-hydrogen) atoms. The molecule has 0 unspecified atom stereocenters. The van der Waals surface area contributed by atoms with Gasteiger partial charge in [0, 0.05) is 18.4 Å². The molecule has 1 amide bonds. The number of carbonyl (C=O) groups is 1. The standard InChI is InChI=1S/C15H14N4OS/c16-12-2-1-3-13(8-12)19-6-4-14(18-19)15(20)17-9-11-5-7-21-10-11/h1-8,10H,9,16H2,(H,17,20). The van der Waals surface area contributed by atoms with Crippen LogP contribution in [-0.4, -0.2) is 15.7 Å². The highest BCUT2D eigenvalue weighted by molar-refractivity contribution is 7.07. The Morgan fingerprint density at radius 3 is 3.00 bits per heavy atom. The van der Waals surface area contributed by atoms with E-state index < -0.39 is 0 Å². The number of thiophene rings is 1. The Morgan fingerprint density at radius 1 is 1.33 bits per heavy atom. The molecule has 0 fully saturated rings. The molecule has 0 aliphatic carbocycles. The summed E-state index contributed by atoms with van der Waals surface area (Å²) < 4.78 is 1.63. The van der Waals surface area contributed by atoms with Crippen molar-refractivity contribution < 1.29 is 4.79 Å². The van der Waals surface area contributed by atoms with Crippen LogP contribution in [0.15, 0.2) is 53.4 Å². The molecule has 6 heteroatoms. The summed E-state index contributed by atoms with van der Waals surface area (Å²) in [6, 6.07) is 11.0. The van der Waals surface area contributed by atoms with Crippen molar-refractivity contribution in [1.82, 2.24) is 15.1 Å². The number of nitrogens with zero attached hydrogens (tertiary/aromatic N) is 2. The van der Waals surface area contributed by atoms with Crippen LogP contribution in [0, 0.1) is 0 Å². The predicted octanol–water partition coefficient (Wildman–Crippen LogP) is 2.45. The van der Waals surface area contributed by atoms with Gasteiger partial charge in [-0.05, 0) is 46.7 Å². The minimum Gasteiger partial charge on any atom is -0.399 e. The van der Waals surface area contributed by atoms with Crippen LogP contribution in [0.25, 0.3) is 5.69 Å². The van der Waals surface area contributed by atoms with Crippen molar-refractivity contribution in [2.45, 2.75) is 6.54 Å². The molecule has 1 aromatic carbocycles. The molecule has 0 aliphatic rings. The molecule has 2 heterocycles. The number of hydrogen-bond donors (Lipinski definition) is 2. The van der Waals surface area contributed by atoms with E-state index in [9.17, 15) is 4.79 Å². The van der Waals surface area contributed by atoms with Crippen molar-refractivity contribution >= 4 is 22.9 Å². The molecule has 3 N–H and O–H groups in total. The number of rotatable bonds is 4. The molecule has 0 radical (unpaired) electrons. The van der Waals surface area contributed by atoms with Crippen molar-refractivity contribution in [2.75, 3.05) is 5.73 Å². The zero-order valence-corrected chi connectivity index (χ0v) is 12.0. The lowest BCUT2D eigenvalue weighted by Gasteiger charge is -2.03. The Balaban J connectivity index is 1.71. The monoisotopic (exact) mass is 298 g/mol. The van der Waals surface area contributed by atoms with E-state index in [2.05, 4.69) is 10.4 Å². The molecule has 3 aromatic rings. The van der Waals surface area contributed by atoms with Crippen molar-refractivity contribution in [3.8, 4) is 5.69 Å². The number of nitrogens with one attached hydrogen (secondary N) is 1. The number of benzene rings is 1. The fraction of sp³-hybridized carbons (Fsp3) is 0.0667. The summed E-state index contributed by atoms with van der Waals surface area (Å²) >= 11 is 1.61. The first-order valence-corrected chi connectivity index (χ1v) is 7.37. The van der Waals surface area contributed by atoms with E-state index in [4.69, 9.17) is 5.73 Å². The van der Waals surface area contributed by atoms with Gasteiger partial charge in [-0.15, -0.1) is 0 Å². The highest BCUT2D eigenvalue weighted by Gasteiger charge is 2.10. The van der Waals surface area contributed by atoms with Crippen molar-refractivity contribution in [1.29, 1.82) is 0 Å². The maximum atomic E-state index is 12.0. The highest BCUT2D eigenvalue weighted by Crippen LogP contribution is 2.12. The number of anilines is 1. The molecule has 0 saturated carbocycles. The van der Waals surface area contributed by atoms with Gasteiger partial charge in [-0.25, -0.2) is 4.68 Å². The smallest absolute Gasteiger partial charge is 0.272 e. The Labute approximate surface area is 126 Å². The van der Waals surface area contributed by atoms with Crippen molar-refractivity contribution in [3.63, 3.8) is 0 Å². The Kier molecular flexibility index (Phi) is 3.70. The van der Waals surface area contributed by atoms with Crippen molar-refractivity contribution in [2.24, 2.45) is 0 Å². The second-order valence-corrected chi connectivity index (χ2v) is 5.33. The van der Waals surface area contributed by atoms with Gasteiger partial charge in [-0.1, -0.05) is 6.07 Å². The van der Waals surface area contributed by atoms with Gasteiger partial charge >= 0.3 is 0 Å². The van der Waals surface area contributed by atoms with E-state index in [-0.39, 0.29) is 5.91 Å². The van der Waals surface area contributed by atoms with Crippen LogP contribution in [0.4, 0.5) is 5.69 Å². The Morgan fingerprint density at radius 2 is 2.24 bits per heavy atom. The highest BCUT2D eigenvalue weighted by atomic mass is 32.1. The maximum absolute atomic E-state index is 12.0. The lowest BCUT2D eigenvalue weighted by Crippen LogP contribution is -2.23. The second kappa shape index (κ2) is 5.80. The van der Waals surface area contributed by atoms with Crippen molar-refractivity contribution in [3.05, 3.63) is 64.6 Å². The third-order valence-electron chi connectivity index (χ3n) is 2.99. The van der Waals surface area contributed by atoms with Crippen LogP contribution in [-0.2, 0) is 6.54 Å². The quantitative estimate of drug-likeness (QED) is 0.727. The Bertz CT molecular complexity index is 749. The SMILES string of the molecule is Nc1cccc(-n2ccc(C(=O)NCc3ccsc3)n2)c1. The average molecular weight is 298 g/mol. The minimum atomic E-state index is -0.191. The van der Waals surface area contributed by atoms with Gasteiger partial charge in [-0.2, -0.15) is 16.4 Å². The molecule has 0 aliphatic heterocycles. The lowest BCUT2D eigenvalue weighted by atomic mass is 10.3. The minimum absolute atomic E-state index is 0.191. The number of hydrogen-bond acceptors (Lipinski definition) is 4. The summed E-state index contributed by atoms with van der Waals surface area (Å²) in [5.41, 5.74) is 8.70. The second-order valence-electron chi connectivity index (χ2n) is 4.55. The number of nitrogen functional groups attached to an aromatic ring is 1. The molecular formula is C15H14N4OS. The maximum Gasteiger partial charge on any atom is 0.272 e. The van der Waals surface area contributed by atoms with Crippen LogP contribution >= 0.6 is 11.3 Å². The van der Waals surface area contributed by atoms with E-state index in [1.54, 1.807) is 34.3 Å². The Hall–Kier alpha value is -2.60. The van der Waals surface area contributed by atoms with E-state index in [0.717, 1.165) is 11.3 Å². The molecule has 0 spiro atoms. The van der Waals surface area contributed by atoms with Crippen LogP contribution in [0.5, 0.6) is 0 Å². The normalized spacial score (nSPS) is 10.5. The first kappa shape index (κ1) is 13.4. The average Bonchev–Trinajstić information content (AvgIpc) is 3.16. The molecule has 0 bridgehead atoms. The molecule has 0 atom stereocenters. The molecule has 2 aromatic heterocycles. The zero-order chi connectivity index (χ0) is 14.7. The molecule has 5 nitrogen and oxygen atoms in total. The fourth-order valence-corrected chi connectivity index (χ4v) is 2.59. The first-order chi connectivity index (χ1) is 10.2. The van der Waals surface area contributed by atoms with E-state index in [1.165, 1.54) is 0 Å². The van der Waals surface area contributed by atoms with Gasteiger partial charge in [0.25, 0.3) is 5.91 Å². The van der Waals surface area contributed by atoms with Crippen LogP contribution in [0.3, 0.4) is 0 Å². The summed E-state index contributed by atoms with van der Waals surface area (Å²) in [5, 5.41) is 11.1. The predicted molar refractivity (Wildman–Crippen MR) is 83.5 cm³/mol. The summed E-state index contributed by atoms with van der Waals surface area (Å²) in [6.07, 6.45) is 1.74. The largest absolute Gasteiger partial charge is 0.399 e. The van der Waals surface area contributed by atoms with Gasteiger partial charge in [-0.3, -0.25) is 4.79 Å². The summed E-state index contributed by atoms with van der Waals surface area (Å²) in [4.78, 5) is 12.0. The fourth-order valence-electron chi connectivity index (χ4n) is 1.92. The first-order valence-electron chi connectivity index (χ1n) is 6.43. The van der Waals surface area contributed by atoms with Crippen LogP contribution in [0.2, 0.25) is 0 Å². The lowest BCUT2D eigenvalue weighted by molar-refractivity contribution is 0.0945. The topological polar surface area (TPSA) is 72.9 Å². The molecular weight excluding hydrogens is 284 g/mol.